The van der Waals surface area contributed by atoms with Gasteiger partial charge in [0.1, 0.15) is 5.69 Å². The van der Waals surface area contributed by atoms with Crippen LogP contribution < -0.4 is 10.6 Å². The molecule has 1 aromatic rings. The van der Waals surface area contributed by atoms with Crippen LogP contribution in [-0.4, -0.2) is 62.2 Å². The van der Waals surface area contributed by atoms with Crippen LogP contribution in [0, 0.1) is 0 Å². The highest BCUT2D eigenvalue weighted by molar-refractivity contribution is 5.88. The van der Waals surface area contributed by atoms with E-state index in [0.717, 1.165) is 51.4 Å². The molecule has 20 heavy (non-hydrogen) atoms. The molecular weight excluding hydrogens is 256 g/mol. The normalized spacial score (nSPS) is 15.8. The average molecular weight is 278 g/mol. The minimum atomic E-state index is -0.408. The Morgan fingerprint density at radius 1 is 1.50 bits per heavy atom. The smallest absolute Gasteiger partial charge is 0.356 e. The summed E-state index contributed by atoms with van der Waals surface area (Å²) in [5.41, 5.74) is 1.24. The van der Waals surface area contributed by atoms with Crippen molar-refractivity contribution in [3.63, 3.8) is 0 Å². The summed E-state index contributed by atoms with van der Waals surface area (Å²) in [5, 5.41) is 6.66. The fourth-order valence-corrected chi connectivity index (χ4v) is 2.23. The van der Waals surface area contributed by atoms with Crippen LogP contribution in [0.4, 0.5) is 5.69 Å². The first-order chi connectivity index (χ1) is 9.79. The first-order valence-corrected chi connectivity index (χ1v) is 7.01. The fourth-order valence-electron chi connectivity index (χ4n) is 2.23. The molecule has 0 amide bonds. The molecule has 0 bridgehead atoms. The number of methoxy groups -OCH3 is 1. The van der Waals surface area contributed by atoms with Gasteiger partial charge in [-0.2, -0.15) is 0 Å². The maximum atomic E-state index is 11.4. The minimum absolute atomic E-state index is 0.333. The van der Waals surface area contributed by atoms with Crippen LogP contribution in [0.1, 0.15) is 16.9 Å². The molecule has 1 fully saturated rings. The molecule has 6 nitrogen and oxygen atoms in total. The highest BCUT2D eigenvalue weighted by Crippen LogP contribution is 2.09. The molecule has 0 radical (unpaired) electrons. The second-order valence-electron chi connectivity index (χ2n) is 4.79. The summed E-state index contributed by atoms with van der Waals surface area (Å²) in [4.78, 5) is 17.8. The molecule has 0 spiro atoms. The Morgan fingerprint density at radius 3 is 3.05 bits per heavy atom. The fraction of sp³-hybridized carbons (Fsp3) is 0.571. The maximum Gasteiger partial charge on any atom is 0.356 e. The number of anilines is 1. The van der Waals surface area contributed by atoms with Crippen LogP contribution in [0.3, 0.4) is 0 Å². The lowest BCUT2D eigenvalue weighted by Crippen LogP contribution is -2.44. The van der Waals surface area contributed by atoms with Crippen molar-refractivity contribution in [2.75, 3.05) is 51.7 Å². The van der Waals surface area contributed by atoms with Crippen molar-refractivity contribution in [1.29, 1.82) is 0 Å². The van der Waals surface area contributed by atoms with Gasteiger partial charge in [0.2, 0.25) is 0 Å². The van der Waals surface area contributed by atoms with Gasteiger partial charge >= 0.3 is 5.97 Å². The first-order valence-electron chi connectivity index (χ1n) is 7.01. The number of hydrogen-bond acceptors (Lipinski definition) is 6. The topological polar surface area (TPSA) is 66.5 Å². The minimum Gasteiger partial charge on any atom is -0.464 e. The Balaban J connectivity index is 1.72. The zero-order valence-electron chi connectivity index (χ0n) is 11.9. The van der Waals surface area contributed by atoms with E-state index in [1.54, 1.807) is 12.3 Å². The zero-order chi connectivity index (χ0) is 14.2. The molecular formula is C14H22N4O2. The molecule has 0 atom stereocenters. The third-order valence-corrected chi connectivity index (χ3v) is 3.34. The zero-order valence-corrected chi connectivity index (χ0v) is 11.9. The molecule has 110 valence electrons. The molecule has 1 saturated heterocycles. The molecule has 0 aliphatic carbocycles. The standard InChI is InChI=1S/C14H22N4O2/c1-20-14(19)13-11-12(3-5-17-13)16-4-2-8-18-9-6-15-7-10-18/h3,5,11,15H,2,4,6-10H2,1H3,(H,16,17). The van der Waals surface area contributed by atoms with Crippen molar-refractivity contribution in [2.45, 2.75) is 6.42 Å². The van der Waals surface area contributed by atoms with Crippen molar-refractivity contribution in [1.82, 2.24) is 15.2 Å². The SMILES string of the molecule is COC(=O)c1cc(NCCCN2CCNCC2)ccn1. The summed E-state index contributed by atoms with van der Waals surface area (Å²) < 4.78 is 4.65. The van der Waals surface area contributed by atoms with Gasteiger partial charge in [-0.25, -0.2) is 9.78 Å². The van der Waals surface area contributed by atoms with E-state index in [1.807, 2.05) is 6.07 Å². The lowest BCUT2D eigenvalue weighted by atomic mass is 10.3. The number of ether oxygens (including phenoxy) is 1. The lowest BCUT2D eigenvalue weighted by Gasteiger charge is -2.27. The van der Waals surface area contributed by atoms with Gasteiger partial charge in [-0.3, -0.25) is 0 Å². The van der Waals surface area contributed by atoms with E-state index < -0.39 is 5.97 Å². The van der Waals surface area contributed by atoms with Crippen LogP contribution in [0.25, 0.3) is 0 Å². The third kappa shape index (κ3) is 4.47. The lowest BCUT2D eigenvalue weighted by molar-refractivity contribution is 0.0594. The van der Waals surface area contributed by atoms with Crippen LogP contribution in [0.2, 0.25) is 0 Å². The molecule has 2 heterocycles. The maximum absolute atomic E-state index is 11.4. The van der Waals surface area contributed by atoms with Crippen LogP contribution >= 0.6 is 0 Å². The molecule has 1 aliphatic rings. The monoisotopic (exact) mass is 278 g/mol. The van der Waals surface area contributed by atoms with Crippen molar-refractivity contribution in [2.24, 2.45) is 0 Å². The number of hydrogen-bond donors (Lipinski definition) is 2. The van der Waals surface area contributed by atoms with Crippen molar-refractivity contribution in [3.05, 3.63) is 24.0 Å². The van der Waals surface area contributed by atoms with Crippen LogP contribution in [0.15, 0.2) is 18.3 Å². The van der Waals surface area contributed by atoms with Crippen LogP contribution in [-0.2, 0) is 4.74 Å². The Hall–Kier alpha value is -1.66. The van der Waals surface area contributed by atoms with E-state index in [2.05, 4.69) is 25.3 Å². The van der Waals surface area contributed by atoms with Crippen molar-refractivity contribution >= 4 is 11.7 Å². The molecule has 2 N–H and O–H groups in total. The number of rotatable bonds is 6. The van der Waals surface area contributed by atoms with E-state index in [-0.39, 0.29) is 0 Å². The van der Waals surface area contributed by atoms with Gasteiger partial charge in [-0.1, -0.05) is 0 Å². The quantitative estimate of drug-likeness (QED) is 0.586. The Bertz CT molecular complexity index is 433. The van der Waals surface area contributed by atoms with Gasteiger partial charge in [-0.15, -0.1) is 0 Å². The molecule has 1 aromatic heterocycles. The first kappa shape index (κ1) is 14.7. The van der Waals surface area contributed by atoms with Crippen LogP contribution in [0.5, 0.6) is 0 Å². The molecule has 0 aromatic carbocycles. The molecule has 0 saturated carbocycles. The number of pyridine rings is 1. The van der Waals surface area contributed by atoms with Gasteiger partial charge in [0.25, 0.3) is 0 Å². The summed E-state index contributed by atoms with van der Waals surface area (Å²) in [6.45, 7) is 6.40. The molecule has 0 unspecified atom stereocenters. The van der Waals surface area contributed by atoms with E-state index in [9.17, 15) is 4.79 Å². The summed E-state index contributed by atoms with van der Waals surface area (Å²) >= 11 is 0. The van der Waals surface area contributed by atoms with Gasteiger partial charge in [0.15, 0.2) is 0 Å². The average Bonchev–Trinajstić information content (AvgIpc) is 2.52. The number of esters is 1. The van der Waals surface area contributed by atoms with Gasteiger partial charge < -0.3 is 20.3 Å². The predicted octanol–water partition coefficient (Wildman–Crippen LogP) is 0.575. The van der Waals surface area contributed by atoms with Gasteiger partial charge in [-0.05, 0) is 25.1 Å². The number of piperazine rings is 1. The number of nitrogens with zero attached hydrogens (tertiary/aromatic N) is 2. The summed E-state index contributed by atoms with van der Waals surface area (Å²) in [5.74, 6) is -0.408. The second-order valence-corrected chi connectivity index (χ2v) is 4.79. The largest absolute Gasteiger partial charge is 0.464 e. The highest BCUT2D eigenvalue weighted by Gasteiger charge is 2.09. The summed E-state index contributed by atoms with van der Waals surface area (Å²) in [6.07, 6.45) is 2.70. The molecule has 1 aliphatic heterocycles. The number of carbonyl (C=O) groups excluding carboxylic acids is 1. The van der Waals surface area contributed by atoms with E-state index >= 15 is 0 Å². The molecule has 2 rings (SSSR count). The Labute approximate surface area is 119 Å². The highest BCUT2D eigenvalue weighted by atomic mass is 16.5. The van der Waals surface area contributed by atoms with E-state index in [0.29, 0.717) is 5.69 Å². The van der Waals surface area contributed by atoms with Crippen molar-refractivity contribution < 1.29 is 9.53 Å². The van der Waals surface area contributed by atoms with Gasteiger partial charge in [0.05, 0.1) is 7.11 Å². The van der Waals surface area contributed by atoms with E-state index in [1.165, 1.54) is 7.11 Å². The van der Waals surface area contributed by atoms with E-state index in [4.69, 9.17) is 0 Å². The Morgan fingerprint density at radius 2 is 2.30 bits per heavy atom. The summed E-state index contributed by atoms with van der Waals surface area (Å²) in [6, 6.07) is 3.58. The van der Waals surface area contributed by atoms with Gasteiger partial charge in [0, 0.05) is 44.6 Å². The number of aromatic nitrogens is 1. The van der Waals surface area contributed by atoms with Crippen molar-refractivity contribution in [3.8, 4) is 0 Å². The molecule has 6 heteroatoms. The number of carbonyl (C=O) groups is 1. The Kier molecular flexibility index (Phi) is 5.76. The predicted molar refractivity (Wildman–Crippen MR) is 78.0 cm³/mol. The second kappa shape index (κ2) is 7.81. The third-order valence-electron chi connectivity index (χ3n) is 3.34. The number of nitrogens with one attached hydrogen (secondary N) is 2. The summed E-state index contributed by atoms with van der Waals surface area (Å²) in [7, 11) is 1.36.